The molecule has 0 aromatic heterocycles. The number of hydrogen-bond donors (Lipinski definition) is 1. The number of para-hydroxylation sites is 1. The molecule has 0 saturated carbocycles. The summed E-state index contributed by atoms with van der Waals surface area (Å²) in [7, 11) is 3.38. The van der Waals surface area contributed by atoms with Crippen molar-refractivity contribution in [2.45, 2.75) is 6.42 Å². The fraction of sp³-hybridized carbons (Fsp3) is 0.222. The molecule has 0 bridgehead atoms. The maximum absolute atomic E-state index is 12.4. The first-order valence-corrected chi connectivity index (χ1v) is 7.30. The van der Waals surface area contributed by atoms with Crippen molar-refractivity contribution in [2.75, 3.05) is 20.7 Å². The zero-order valence-corrected chi connectivity index (χ0v) is 13.3. The second kappa shape index (κ2) is 7.45. The number of amides is 2. The summed E-state index contributed by atoms with van der Waals surface area (Å²) in [5.41, 5.74) is 7.16. The average Bonchev–Trinajstić information content (AvgIpc) is 2.59. The third-order valence-electron chi connectivity index (χ3n) is 3.67. The maximum atomic E-state index is 12.4. The number of rotatable bonds is 6. The third-order valence-corrected chi connectivity index (χ3v) is 3.67. The van der Waals surface area contributed by atoms with Crippen LogP contribution >= 0.6 is 0 Å². The van der Waals surface area contributed by atoms with Crippen LogP contribution in [0.3, 0.4) is 0 Å². The standard InChI is InChI=1S/C18H20N2O3/c1-20(12-11-13-5-3-4-6-16(13)23-2)18(22)15-9-7-14(8-10-15)17(19)21/h3-10H,11-12H2,1-2H3,(H2,19,21). The molecule has 2 aromatic rings. The van der Waals surface area contributed by atoms with Crippen LogP contribution in [0.5, 0.6) is 5.75 Å². The van der Waals surface area contributed by atoms with Gasteiger partial charge in [0.05, 0.1) is 7.11 Å². The highest BCUT2D eigenvalue weighted by molar-refractivity contribution is 5.97. The molecule has 0 saturated heterocycles. The predicted octanol–water partition coefficient (Wildman–Crippen LogP) is 2.11. The van der Waals surface area contributed by atoms with E-state index in [0.717, 1.165) is 11.3 Å². The van der Waals surface area contributed by atoms with E-state index >= 15 is 0 Å². The molecule has 5 nitrogen and oxygen atoms in total. The highest BCUT2D eigenvalue weighted by Crippen LogP contribution is 2.18. The van der Waals surface area contributed by atoms with E-state index in [9.17, 15) is 9.59 Å². The second-order valence-electron chi connectivity index (χ2n) is 5.23. The summed E-state index contributed by atoms with van der Waals surface area (Å²) < 4.78 is 5.31. The highest BCUT2D eigenvalue weighted by atomic mass is 16.5. The summed E-state index contributed by atoms with van der Waals surface area (Å²) in [6, 6.07) is 14.1. The van der Waals surface area contributed by atoms with Gasteiger partial charge in [-0.25, -0.2) is 0 Å². The Balaban J connectivity index is 2.01. The van der Waals surface area contributed by atoms with Crippen LogP contribution in [0.2, 0.25) is 0 Å². The van der Waals surface area contributed by atoms with E-state index in [1.54, 1.807) is 43.3 Å². The number of ether oxygens (including phenoxy) is 1. The molecule has 0 aliphatic rings. The van der Waals surface area contributed by atoms with E-state index in [0.29, 0.717) is 24.1 Å². The topological polar surface area (TPSA) is 72.6 Å². The van der Waals surface area contributed by atoms with E-state index in [1.165, 1.54) is 0 Å². The molecule has 0 heterocycles. The molecule has 120 valence electrons. The van der Waals surface area contributed by atoms with Crippen molar-refractivity contribution in [3.05, 3.63) is 65.2 Å². The van der Waals surface area contributed by atoms with Gasteiger partial charge in [-0.15, -0.1) is 0 Å². The molecule has 0 radical (unpaired) electrons. The van der Waals surface area contributed by atoms with E-state index < -0.39 is 5.91 Å². The first-order chi connectivity index (χ1) is 11.0. The number of nitrogens with zero attached hydrogens (tertiary/aromatic N) is 1. The Morgan fingerprint density at radius 1 is 1.04 bits per heavy atom. The maximum Gasteiger partial charge on any atom is 0.253 e. The Morgan fingerprint density at radius 3 is 2.26 bits per heavy atom. The molecule has 2 aromatic carbocycles. The summed E-state index contributed by atoms with van der Waals surface area (Å²) in [5, 5.41) is 0. The molecule has 2 N–H and O–H groups in total. The number of hydrogen-bond acceptors (Lipinski definition) is 3. The smallest absolute Gasteiger partial charge is 0.253 e. The van der Waals surface area contributed by atoms with Crippen LogP contribution < -0.4 is 10.5 Å². The van der Waals surface area contributed by atoms with Gasteiger partial charge in [-0.1, -0.05) is 18.2 Å². The number of carbonyl (C=O) groups excluding carboxylic acids is 2. The molecule has 0 fully saturated rings. The Labute approximate surface area is 135 Å². The number of methoxy groups -OCH3 is 1. The molecular weight excluding hydrogens is 292 g/mol. The molecule has 0 atom stereocenters. The SMILES string of the molecule is COc1ccccc1CCN(C)C(=O)c1ccc(C(N)=O)cc1. The lowest BCUT2D eigenvalue weighted by molar-refractivity contribution is 0.0795. The number of nitrogens with two attached hydrogens (primary N) is 1. The molecular formula is C18H20N2O3. The first-order valence-electron chi connectivity index (χ1n) is 7.30. The van der Waals surface area contributed by atoms with Gasteiger partial charge in [0.15, 0.2) is 0 Å². The van der Waals surface area contributed by atoms with Crippen molar-refractivity contribution < 1.29 is 14.3 Å². The largest absolute Gasteiger partial charge is 0.496 e. The van der Waals surface area contributed by atoms with Gasteiger partial charge < -0.3 is 15.4 Å². The summed E-state index contributed by atoms with van der Waals surface area (Å²) in [5.74, 6) is 0.212. The fourth-order valence-corrected chi connectivity index (χ4v) is 2.30. The van der Waals surface area contributed by atoms with Crippen molar-refractivity contribution in [1.82, 2.24) is 4.90 Å². The van der Waals surface area contributed by atoms with E-state index in [2.05, 4.69) is 0 Å². The molecule has 2 rings (SSSR count). The Morgan fingerprint density at radius 2 is 1.65 bits per heavy atom. The molecule has 0 unspecified atom stereocenters. The van der Waals surface area contributed by atoms with Crippen LogP contribution in [0.15, 0.2) is 48.5 Å². The van der Waals surface area contributed by atoms with Crippen LogP contribution in [0.4, 0.5) is 0 Å². The number of benzene rings is 2. The van der Waals surface area contributed by atoms with Gasteiger partial charge in [0.1, 0.15) is 5.75 Å². The lowest BCUT2D eigenvalue weighted by Crippen LogP contribution is -2.29. The van der Waals surface area contributed by atoms with E-state index in [1.807, 2.05) is 24.3 Å². The van der Waals surface area contributed by atoms with Gasteiger partial charge in [-0.2, -0.15) is 0 Å². The minimum absolute atomic E-state index is 0.101. The van der Waals surface area contributed by atoms with Crippen LogP contribution in [0, 0.1) is 0 Å². The van der Waals surface area contributed by atoms with Crippen molar-refractivity contribution in [1.29, 1.82) is 0 Å². The summed E-state index contributed by atoms with van der Waals surface area (Å²) >= 11 is 0. The normalized spacial score (nSPS) is 10.2. The predicted molar refractivity (Wildman–Crippen MR) is 88.6 cm³/mol. The number of likely N-dealkylation sites (N-methyl/N-ethyl adjacent to an activating group) is 1. The third kappa shape index (κ3) is 4.10. The molecule has 0 spiro atoms. The average molecular weight is 312 g/mol. The van der Waals surface area contributed by atoms with Gasteiger partial charge in [-0.05, 0) is 42.3 Å². The van der Waals surface area contributed by atoms with Crippen LogP contribution in [-0.4, -0.2) is 37.4 Å². The van der Waals surface area contributed by atoms with Crippen molar-refractivity contribution in [2.24, 2.45) is 5.73 Å². The lowest BCUT2D eigenvalue weighted by Gasteiger charge is -2.18. The van der Waals surface area contributed by atoms with Crippen LogP contribution in [0.25, 0.3) is 0 Å². The zero-order chi connectivity index (χ0) is 16.8. The minimum Gasteiger partial charge on any atom is -0.496 e. The van der Waals surface area contributed by atoms with E-state index in [-0.39, 0.29) is 5.91 Å². The van der Waals surface area contributed by atoms with Gasteiger partial charge in [0.25, 0.3) is 5.91 Å². The number of primary amides is 1. The van der Waals surface area contributed by atoms with Crippen LogP contribution in [-0.2, 0) is 6.42 Å². The van der Waals surface area contributed by atoms with Gasteiger partial charge in [-0.3, -0.25) is 9.59 Å². The Bertz CT molecular complexity index is 696. The summed E-state index contributed by atoms with van der Waals surface area (Å²) in [6.45, 7) is 0.566. The summed E-state index contributed by atoms with van der Waals surface area (Å²) in [6.07, 6.45) is 0.700. The van der Waals surface area contributed by atoms with E-state index in [4.69, 9.17) is 10.5 Å². The quantitative estimate of drug-likeness (QED) is 0.888. The van der Waals surface area contributed by atoms with Gasteiger partial charge in [0, 0.05) is 24.7 Å². The van der Waals surface area contributed by atoms with Crippen molar-refractivity contribution >= 4 is 11.8 Å². The molecule has 5 heteroatoms. The fourth-order valence-electron chi connectivity index (χ4n) is 2.30. The monoisotopic (exact) mass is 312 g/mol. The second-order valence-corrected chi connectivity index (χ2v) is 5.23. The van der Waals surface area contributed by atoms with Crippen molar-refractivity contribution in [3.63, 3.8) is 0 Å². The molecule has 0 aliphatic carbocycles. The summed E-state index contributed by atoms with van der Waals surface area (Å²) in [4.78, 5) is 25.1. The van der Waals surface area contributed by atoms with Crippen LogP contribution in [0.1, 0.15) is 26.3 Å². The highest BCUT2D eigenvalue weighted by Gasteiger charge is 2.13. The van der Waals surface area contributed by atoms with Crippen molar-refractivity contribution in [3.8, 4) is 5.75 Å². The van der Waals surface area contributed by atoms with Gasteiger partial charge in [0.2, 0.25) is 5.91 Å². The lowest BCUT2D eigenvalue weighted by atomic mass is 10.1. The van der Waals surface area contributed by atoms with Gasteiger partial charge >= 0.3 is 0 Å². The molecule has 0 aliphatic heterocycles. The minimum atomic E-state index is -0.506. The molecule has 2 amide bonds. The molecule has 23 heavy (non-hydrogen) atoms. The Hall–Kier alpha value is -2.82. The first kappa shape index (κ1) is 16.5. The Kier molecular flexibility index (Phi) is 5.36. The zero-order valence-electron chi connectivity index (χ0n) is 13.3. The number of carbonyl (C=O) groups is 2.